The molecule has 1 rings (SSSR count). The van der Waals surface area contributed by atoms with Gasteiger partial charge in [0.05, 0.1) is 18.2 Å². The molecule has 0 aliphatic rings. The van der Waals surface area contributed by atoms with Crippen LogP contribution in [0.5, 0.6) is 0 Å². The Morgan fingerprint density at radius 2 is 2.45 bits per heavy atom. The molecule has 0 unspecified atom stereocenters. The quantitative estimate of drug-likeness (QED) is 0.575. The summed E-state index contributed by atoms with van der Waals surface area (Å²) in [7, 11) is 0. The molecule has 11 heavy (non-hydrogen) atoms. The highest BCUT2D eigenvalue weighted by Crippen LogP contribution is 2.03. The molecule has 60 valence electrons. The third kappa shape index (κ3) is 1.58. The minimum atomic E-state index is -1.12. The van der Waals surface area contributed by atoms with E-state index in [-0.39, 0.29) is 0 Å². The zero-order chi connectivity index (χ0) is 8.43. The van der Waals surface area contributed by atoms with Gasteiger partial charge in [0.25, 0.3) is 0 Å². The van der Waals surface area contributed by atoms with Crippen LogP contribution in [-0.2, 0) is 4.79 Å². The van der Waals surface area contributed by atoms with Crippen molar-refractivity contribution in [2.75, 3.05) is 0 Å². The third-order valence-corrected chi connectivity index (χ3v) is 1.47. The van der Waals surface area contributed by atoms with Crippen molar-refractivity contribution in [1.82, 2.24) is 9.78 Å². The first-order chi connectivity index (χ1) is 5.11. The van der Waals surface area contributed by atoms with E-state index >= 15 is 0 Å². The van der Waals surface area contributed by atoms with Gasteiger partial charge in [0.2, 0.25) is 0 Å². The number of carbonyl (C=O) groups is 1. The molecule has 0 aliphatic carbocycles. The number of aliphatic carboxylic acids is 1. The second-order valence-electron chi connectivity index (χ2n) is 2.49. The van der Waals surface area contributed by atoms with Crippen molar-refractivity contribution < 1.29 is 9.90 Å². The van der Waals surface area contributed by atoms with Crippen molar-refractivity contribution in [2.24, 2.45) is 0 Å². The average molecular weight is 153 g/mol. The van der Waals surface area contributed by atoms with E-state index in [9.17, 15) is 9.90 Å². The highest BCUT2D eigenvalue weighted by molar-refractivity contribution is 5.68. The van der Waals surface area contributed by atoms with E-state index in [4.69, 9.17) is 0 Å². The summed E-state index contributed by atoms with van der Waals surface area (Å²) in [6, 6.07) is -0.691. The molecule has 1 atom stereocenters. The van der Waals surface area contributed by atoms with Crippen molar-refractivity contribution in [3.05, 3.63) is 18.0 Å². The van der Waals surface area contributed by atoms with Crippen LogP contribution in [0.2, 0.25) is 0 Å². The second kappa shape index (κ2) is 2.74. The minimum Gasteiger partial charge on any atom is -0.548 e. The molecule has 0 bridgehead atoms. The van der Waals surface area contributed by atoms with Crippen molar-refractivity contribution >= 4 is 5.97 Å². The summed E-state index contributed by atoms with van der Waals surface area (Å²) in [6.45, 7) is 3.38. The molecular weight excluding hydrogens is 144 g/mol. The Hall–Kier alpha value is -1.32. The molecule has 4 heteroatoms. The molecule has 0 aliphatic heterocycles. The Labute approximate surface area is 64.5 Å². The number of rotatable bonds is 2. The maximum Gasteiger partial charge on any atom is 0.0884 e. The molecule has 0 fully saturated rings. The molecule has 0 radical (unpaired) electrons. The van der Waals surface area contributed by atoms with Gasteiger partial charge in [-0.2, -0.15) is 5.10 Å². The molecular formula is C7H9N2O2-. The van der Waals surface area contributed by atoms with E-state index in [0.717, 1.165) is 5.56 Å². The molecule has 0 aromatic carbocycles. The van der Waals surface area contributed by atoms with Gasteiger partial charge in [-0.25, -0.2) is 0 Å². The van der Waals surface area contributed by atoms with Gasteiger partial charge in [0.15, 0.2) is 0 Å². The fraction of sp³-hybridized carbons (Fsp3) is 0.429. The van der Waals surface area contributed by atoms with E-state index < -0.39 is 12.0 Å². The van der Waals surface area contributed by atoms with Crippen LogP contribution >= 0.6 is 0 Å². The zero-order valence-corrected chi connectivity index (χ0v) is 6.44. The summed E-state index contributed by atoms with van der Waals surface area (Å²) in [6.07, 6.45) is 3.28. The summed E-state index contributed by atoms with van der Waals surface area (Å²) >= 11 is 0. The Kier molecular flexibility index (Phi) is 1.94. The lowest BCUT2D eigenvalue weighted by atomic mass is 10.3. The summed E-state index contributed by atoms with van der Waals surface area (Å²) < 4.78 is 1.37. The van der Waals surface area contributed by atoms with Crippen LogP contribution in [0, 0.1) is 6.92 Å². The van der Waals surface area contributed by atoms with Crippen LogP contribution < -0.4 is 5.11 Å². The predicted octanol–water partition coefficient (Wildman–Crippen LogP) is -0.498. The fourth-order valence-electron chi connectivity index (χ4n) is 0.753. The molecule has 0 amide bonds. The molecule has 1 aromatic heterocycles. The maximum atomic E-state index is 10.3. The summed E-state index contributed by atoms with van der Waals surface area (Å²) in [5.74, 6) is -1.12. The van der Waals surface area contributed by atoms with Gasteiger partial charge in [0, 0.05) is 6.20 Å². The van der Waals surface area contributed by atoms with Gasteiger partial charge in [-0.1, -0.05) is 0 Å². The average Bonchev–Trinajstić information content (AvgIpc) is 2.34. The van der Waals surface area contributed by atoms with Crippen LogP contribution in [-0.4, -0.2) is 15.7 Å². The number of carboxylic acid groups (broad SMARTS) is 1. The fourth-order valence-corrected chi connectivity index (χ4v) is 0.753. The Morgan fingerprint density at radius 3 is 2.82 bits per heavy atom. The van der Waals surface area contributed by atoms with E-state index in [0.29, 0.717) is 0 Å². The zero-order valence-electron chi connectivity index (χ0n) is 6.44. The standard InChI is InChI=1S/C7H10N2O2/c1-5-3-8-9(4-5)6(2)7(10)11/h3-4,6H,1-2H3,(H,10,11)/p-1/t6-/m0/s1. The first-order valence-corrected chi connectivity index (χ1v) is 3.33. The van der Waals surface area contributed by atoms with Crippen LogP contribution in [0.4, 0.5) is 0 Å². The maximum absolute atomic E-state index is 10.3. The van der Waals surface area contributed by atoms with Crippen molar-refractivity contribution in [3.8, 4) is 0 Å². The van der Waals surface area contributed by atoms with Crippen LogP contribution in [0.15, 0.2) is 12.4 Å². The van der Waals surface area contributed by atoms with Crippen LogP contribution in [0.1, 0.15) is 18.5 Å². The molecule has 0 spiro atoms. The highest BCUT2D eigenvalue weighted by Gasteiger charge is 2.04. The predicted molar refractivity (Wildman–Crippen MR) is 36.7 cm³/mol. The van der Waals surface area contributed by atoms with Gasteiger partial charge in [0.1, 0.15) is 0 Å². The first kappa shape index (κ1) is 7.78. The number of aryl methyl sites for hydroxylation is 1. The monoisotopic (exact) mass is 153 g/mol. The van der Waals surface area contributed by atoms with Crippen LogP contribution in [0.3, 0.4) is 0 Å². The summed E-state index contributed by atoms with van der Waals surface area (Å²) in [4.78, 5) is 10.3. The van der Waals surface area contributed by atoms with Gasteiger partial charge in [-0.3, -0.25) is 4.68 Å². The number of carboxylic acids is 1. The SMILES string of the molecule is Cc1cnn([C@@H](C)C(=O)[O-])c1. The summed E-state index contributed by atoms with van der Waals surface area (Å²) in [5.41, 5.74) is 0.943. The Bertz CT molecular complexity index is 267. The number of nitrogens with zero attached hydrogens (tertiary/aromatic N) is 2. The van der Waals surface area contributed by atoms with E-state index in [1.54, 1.807) is 12.4 Å². The largest absolute Gasteiger partial charge is 0.548 e. The lowest BCUT2D eigenvalue weighted by molar-refractivity contribution is -0.310. The molecule has 0 saturated carbocycles. The van der Waals surface area contributed by atoms with Gasteiger partial charge < -0.3 is 9.90 Å². The topological polar surface area (TPSA) is 58.0 Å². The van der Waals surface area contributed by atoms with Crippen LogP contribution in [0.25, 0.3) is 0 Å². The molecule has 0 saturated heterocycles. The smallest absolute Gasteiger partial charge is 0.0884 e. The number of hydrogen-bond acceptors (Lipinski definition) is 3. The van der Waals surface area contributed by atoms with E-state index in [1.165, 1.54) is 11.6 Å². The first-order valence-electron chi connectivity index (χ1n) is 3.33. The molecule has 1 aromatic rings. The second-order valence-corrected chi connectivity index (χ2v) is 2.49. The Morgan fingerprint density at radius 1 is 1.82 bits per heavy atom. The third-order valence-electron chi connectivity index (χ3n) is 1.47. The van der Waals surface area contributed by atoms with Gasteiger partial charge in [-0.05, 0) is 19.4 Å². The molecule has 0 N–H and O–H groups in total. The highest BCUT2D eigenvalue weighted by atomic mass is 16.4. The molecule has 1 heterocycles. The number of hydrogen-bond donors (Lipinski definition) is 0. The van der Waals surface area contributed by atoms with Crippen molar-refractivity contribution in [1.29, 1.82) is 0 Å². The van der Waals surface area contributed by atoms with E-state index in [1.807, 2.05) is 6.92 Å². The van der Waals surface area contributed by atoms with Gasteiger partial charge >= 0.3 is 0 Å². The minimum absolute atomic E-state index is 0.691. The lowest BCUT2D eigenvalue weighted by Gasteiger charge is -2.11. The normalized spacial score (nSPS) is 12.9. The van der Waals surface area contributed by atoms with Crippen molar-refractivity contribution in [3.63, 3.8) is 0 Å². The molecule has 4 nitrogen and oxygen atoms in total. The number of aromatic nitrogens is 2. The lowest BCUT2D eigenvalue weighted by Crippen LogP contribution is -2.31. The van der Waals surface area contributed by atoms with E-state index in [2.05, 4.69) is 5.10 Å². The van der Waals surface area contributed by atoms with Crippen molar-refractivity contribution in [2.45, 2.75) is 19.9 Å². The number of carbonyl (C=O) groups excluding carboxylic acids is 1. The van der Waals surface area contributed by atoms with Gasteiger partial charge in [-0.15, -0.1) is 0 Å². The summed E-state index contributed by atoms with van der Waals surface area (Å²) in [5, 5.41) is 14.2. The Balaban J connectivity index is 2.84.